The minimum atomic E-state index is -0.144. The Labute approximate surface area is 150 Å². The van der Waals surface area contributed by atoms with Gasteiger partial charge in [0, 0.05) is 24.7 Å². The second-order valence-corrected chi connectivity index (χ2v) is 6.80. The molecule has 1 fully saturated rings. The Balaban J connectivity index is 1.54. The SMILES string of the molecule is CCOC(=O)C1CCN(C(=O)Cc2csc(-c3ccccn3)n2)CC1. The highest BCUT2D eigenvalue weighted by atomic mass is 32.1. The van der Waals surface area contributed by atoms with Crippen LogP contribution in [0.5, 0.6) is 0 Å². The van der Waals surface area contributed by atoms with Crippen LogP contribution in [0.15, 0.2) is 29.8 Å². The van der Waals surface area contributed by atoms with Gasteiger partial charge in [0.15, 0.2) is 0 Å². The second-order valence-electron chi connectivity index (χ2n) is 5.94. The Kier molecular flexibility index (Phi) is 5.75. The van der Waals surface area contributed by atoms with Gasteiger partial charge in [-0.05, 0) is 31.9 Å². The number of hydrogen-bond acceptors (Lipinski definition) is 6. The average molecular weight is 359 g/mol. The van der Waals surface area contributed by atoms with Crippen molar-refractivity contribution in [2.45, 2.75) is 26.2 Å². The molecule has 0 atom stereocenters. The number of nitrogens with zero attached hydrogens (tertiary/aromatic N) is 3. The van der Waals surface area contributed by atoms with Gasteiger partial charge in [-0.25, -0.2) is 4.98 Å². The van der Waals surface area contributed by atoms with Gasteiger partial charge < -0.3 is 9.64 Å². The van der Waals surface area contributed by atoms with Gasteiger partial charge >= 0.3 is 5.97 Å². The van der Waals surface area contributed by atoms with Crippen LogP contribution < -0.4 is 0 Å². The number of hydrogen-bond donors (Lipinski definition) is 0. The zero-order valence-corrected chi connectivity index (χ0v) is 15.0. The third-order valence-electron chi connectivity index (χ3n) is 4.24. The third kappa shape index (κ3) is 4.42. The molecule has 25 heavy (non-hydrogen) atoms. The number of carbonyl (C=O) groups excluding carboxylic acids is 2. The lowest BCUT2D eigenvalue weighted by Crippen LogP contribution is -2.41. The molecule has 132 valence electrons. The quantitative estimate of drug-likeness (QED) is 0.767. The van der Waals surface area contributed by atoms with E-state index in [0.29, 0.717) is 32.5 Å². The van der Waals surface area contributed by atoms with Gasteiger partial charge in [-0.15, -0.1) is 11.3 Å². The minimum absolute atomic E-state index is 0.0557. The summed E-state index contributed by atoms with van der Waals surface area (Å²) < 4.78 is 5.06. The first kappa shape index (κ1) is 17.5. The summed E-state index contributed by atoms with van der Waals surface area (Å²) in [6.07, 6.45) is 3.35. The molecule has 1 amide bonds. The minimum Gasteiger partial charge on any atom is -0.466 e. The van der Waals surface area contributed by atoms with Crippen molar-refractivity contribution in [1.29, 1.82) is 0 Å². The number of ether oxygens (including phenoxy) is 1. The lowest BCUT2D eigenvalue weighted by atomic mass is 9.97. The van der Waals surface area contributed by atoms with E-state index in [0.717, 1.165) is 16.4 Å². The second kappa shape index (κ2) is 8.20. The van der Waals surface area contributed by atoms with E-state index in [9.17, 15) is 9.59 Å². The van der Waals surface area contributed by atoms with E-state index in [1.165, 1.54) is 11.3 Å². The molecule has 2 aromatic heterocycles. The topological polar surface area (TPSA) is 72.4 Å². The van der Waals surface area contributed by atoms with Crippen molar-refractivity contribution in [3.05, 3.63) is 35.5 Å². The monoisotopic (exact) mass is 359 g/mol. The smallest absolute Gasteiger partial charge is 0.309 e. The zero-order chi connectivity index (χ0) is 17.6. The van der Waals surface area contributed by atoms with E-state index in [2.05, 4.69) is 9.97 Å². The third-order valence-corrected chi connectivity index (χ3v) is 5.15. The lowest BCUT2D eigenvalue weighted by molar-refractivity contribution is -0.151. The first-order chi connectivity index (χ1) is 12.2. The predicted molar refractivity (Wildman–Crippen MR) is 95.0 cm³/mol. The van der Waals surface area contributed by atoms with Gasteiger partial charge in [-0.3, -0.25) is 14.6 Å². The van der Waals surface area contributed by atoms with Crippen LogP contribution >= 0.6 is 11.3 Å². The van der Waals surface area contributed by atoms with E-state index in [4.69, 9.17) is 4.74 Å². The maximum absolute atomic E-state index is 12.5. The van der Waals surface area contributed by atoms with Gasteiger partial charge in [-0.2, -0.15) is 0 Å². The number of likely N-dealkylation sites (tertiary alicyclic amines) is 1. The maximum Gasteiger partial charge on any atom is 0.309 e. The van der Waals surface area contributed by atoms with Crippen molar-refractivity contribution in [3.8, 4) is 10.7 Å². The number of esters is 1. The molecule has 7 heteroatoms. The highest BCUT2D eigenvalue weighted by Gasteiger charge is 2.28. The van der Waals surface area contributed by atoms with Gasteiger partial charge in [0.2, 0.25) is 5.91 Å². The molecule has 0 radical (unpaired) electrons. The van der Waals surface area contributed by atoms with Crippen molar-refractivity contribution in [2.24, 2.45) is 5.92 Å². The number of rotatable bonds is 5. The van der Waals surface area contributed by atoms with Gasteiger partial charge in [0.05, 0.1) is 30.3 Å². The van der Waals surface area contributed by atoms with Crippen molar-refractivity contribution in [3.63, 3.8) is 0 Å². The summed E-state index contributed by atoms with van der Waals surface area (Å²) in [6.45, 7) is 3.41. The molecule has 6 nitrogen and oxygen atoms in total. The standard InChI is InChI=1S/C18H21N3O3S/c1-2-24-18(23)13-6-9-21(10-7-13)16(22)11-14-12-25-17(20-14)15-5-3-4-8-19-15/h3-5,8,12-13H,2,6-7,9-11H2,1H3. The molecule has 3 rings (SSSR count). The summed E-state index contributed by atoms with van der Waals surface area (Å²) in [5, 5.41) is 2.73. The highest BCUT2D eigenvalue weighted by molar-refractivity contribution is 7.13. The number of thiazole rings is 1. The summed E-state index contributed by atoms with van der Waals surface area (Å²) in [4.78, 5) is 34.8. The first-order valence-electron chi connectivity index (χ1n) is 8.47. The van der Waals surface area contributed by atoms with Crippen molar-refractivity contribution >= 4 is 23.2 Å². The van der Waals surface area contributed by atoms with Crippen LogP contribution in [0.4, 0.5) is 0 Å². The Morgan fingerprint density at radius 3 is 2.80 bits per heavy atom. The molecule has 0 aliphatic carbocycles. The van der Waals surface area contributed by atoms with Crippen LogP contribution in [-0.2, 0) is 20.7 Å². The molecular weight excluding hydrogens is 338 g/mol. The summed E-state index contributed by atoms with van der Waals surface area (Å²) in [7, 11) is 0. The molecule has 0 bridgehead atoms. The van der Waals surface area contributed by atoms with Crippen molar-refractivity contribution in [2.75, 3.05) is 19.7 Å². The van der Waals surface area contributed by atoms with E-state index in [-0.39, 0.29) is 24.2 Å². The molecule has 1 aliphatic heterocycles. The highest BCUT2D eigenvalue weighted by Crippen LogP contribution is 2.23. The van der Waals surface area contributed by atoms with Crippen LogP contribution in [0.1, 0.15) is 25.5 Å². The summed E-state index contributed by atoms with van der Waals surface area (Å²) in [5.74, 6) is -0.173. The number of amides is 1. The molecule has 3 heterocycles. The Bertz CT molecular complexity index is 724. The molecule has 0 saturated carbocycles. The van der Waals surface area contributed by atoms with Crippen LogP contribution in [0.25, 0.3) is 10.7 Å². The maximum atomic E-state index is 12.5. The molecular formula is C18H21N3O3S. The molecule has 0 aromatic carbocycles. The Hall–Kier alpha value is -2.28. The van der Waals surface area contributed by atoms with Gasteiger partial charge in [0.25, 0.3) is 0 Å². The fourth-order valence-electron chi connectivity index (χ4n) is 2.89. The largest absolute Gasteiger partial charge is 0.466 e. The van der Waals surface area contributed by atoms with Crippen LogP contribution in [0.2, 0.25) is 0 Å². The first-order valence-corrected chi connectivity index (χ1v) is 9.35. The lowest BCUT2D eigenvalue weighted by Gasteiger charge is -2.30. The normalized spacial score (nSPS) is 15.2. The molecule has 0 unspecified atom stereocenters. The Morgan fingerprint density at radius 2 is 2.12 bits per heavy atom. The van der Waals surface area contributed by atoms with E-state index >= 15 is 0 Å². The van der Waals surface area contributed by atoms with E-state index < -0.39 is 0 Å². The average Bonchev–Trinajstić information content (AvgIpc) is 3.11. The summed E-state index contributed by atoms with van der Waals surface area (Å²) in [6, 6.07) is 5.69. The van der Waals surface area contributed by atoms with Crippen LogP contribution in [0.3, 0.4) is 0 Å². The van der Waals surface area contributed by atoms with E-state index in [1.807, 2.05) is 35.4 Å². The van der Waals surface area contributed by atoms with Crippen molar-refractivity contribution < 1.29 is 14.3 Å². The van der Waals surface area contributed by atoms with Crippen LogP contribution in [-0.4, -0.2) is 46.4 Å². The molecule has 1 aliphatic rings. The Morgan fingerprint density at radius 1 is 1.32 bits per heavy atom. The van der Waals surface area contributed by atoms with Gasteiger partial charge in [-0.1, -0.05) is 6.07 Å². The number of carbonyl (C=O) groups is 2. The molecule has 1 saturated heterocycles. The predicted octanol–water partition coefficient (Wildman–Crippen LogP) is 2.55. The van der Waals surface area contributed by atoms with E-state index in [1.54, 1.807) is 6.20 Å². The number of piperidine rings is 1. The summed E-state index contributed by atoms with van der Waals surface area (Å²) in [5.41, 5.74) is 1.59. The zero-order valence-electron chi connectivity index (χ0n) is 14.2. The fraction of sp³-hybridized carbons (Fsp3) is 0.444. The molecule has 0 spiro atoms. The number of aromatic nitrogens is 2. The molecule has 2 aromatic rings. The van der Waals surface area contributed by atoms with Gasteiger partial charge in [0.1, 0.15) is 5.01 Å². The molecule has 0 N–H and O–H groups in total. The van der Waals surface area contributed by atoms with Crippen LogP contribution in [0, 0.1) is 5.92 Å². The number of pyridine rings is 1. The summed E-state index contributed by atoms with van der Waals surface area (Å²) >= 11 is 1.50. The van der Waals surface area contributed by atoms with Crippen molar-refractivity contribution in [1.82, 2.24) is 14.9 Å². The fourth-order valence-corrected chi connectivity index (χ4v) is 3.68.